The second-order valence-corrected chi connectivity index (χ2v) is 7.23. The third kappa shape index (κ3) is 3.72. The first kappa shape index (κ1) is 18.1. The highest BCUT2D eigenvalue weighted by molar-refractivity contribution is 7.13. The lowest BCUT2D eigenvalue weighted by Gasteiger charge is -2.07. The molecular weight excluding hydrogens is 378 g/mol. The summed E-state index contributed by atoms with van der Waals surface area (Å²) in [5, 5.41) is 6.40. The zero-order chi connectivity index (χ0) is 19.5. The van der Waals surface area contributed by atoms with E-state index in [2.05, 4.69) is 10.1 Å². The second-order valence-electron chi connectivity index (χ2n) is 6.28. The van der Waals surface area contributed by atoms with Gasteiger partial charge >= 0.3 is 5.97 Å². The van der Waals surface area contributed by atoms with E-state index in [1.54, 1.807) is 23.5 Å². The molecule has 0 aliphatic heterocycles. The van der Waals surface area contributed by atoms with Crippen molar-refractivity contribution < 1.29 is 14.1 Å². The van der Waals surface area contributed by atoms with Crippen LogP contribution in [0.5, 0.6) is 0 Å². The van der Waals surface area contributed by atoms with E-state index < -0.39 is 5.97 Å². The van der Waals surface area contributed by atoms with Gasteiger partial charge in [0, 0.05) is 12.6 Å². The molecule has 28 heavy (non-hydrogen) atoms. The smallest absolute Gasteiger partial charge is 0.307 e. The van der Waals surface area contributed by atoms with Crippen molar-refractivity contribution in [3.63, 3.8) is 0 Å². The van der Waals surface area contributed by atoms with Gasteiger partial charge in [0.1, 0.15) is 12.3 Å². The normalized spacial score (nSPS) is 11.0. The van der Waals surface area contributed by atoms with Gasteiger partial charge in [-0.3, -0.25) is 14.2 Å². The molecule has 0 aliphatic rings. The molecule has 0 radical (unpaired) electrons. The van der Waals surface area contributed by atoms with Crippen LogP contribution in [0.1, 0.15) is 17.7 Å². The van der Waals surface area contributed by atoms with Crippen molar-refractivity contribution in [3.05, 3.63) is 69.7 Å². The summed E-state index contributed by atoms with van der Waals surface area (Å²) in [4.78, 5) is 29.9. The highest BCUT2D eigenvalue weighted by Crippen LogP contribution is 2.25. The Morgan fingerprint density at radius 2 is 2.18 bits per heavy atom. The van der Waals surface area contributed by atoms with E-state index >= 15 is 0 Å². The van der Waals surface area contributed by atoms with Crippen LogP contribution in [0.15, 0.2) is 57.4 Å². The topological polar surface area (TPSA) is 87.2 Å². The van der Waals surface area contributed by atoms with Gasteiger partial charge in [-0.1, -0.05) is 23.4 Å². The Hall–Kier alpha value is -3.26. The summed E-state index contributed by atoms with van der Waals surface area (Å²) >= 11 is 1.54. The van der Waals surface area contributed by atoms with Crippen LogP contribution in [-0.2, 0) is 22.7 Å². The molecule has 0 fully saturated rings. The van der Waals surface area contributed by atoms with Crippen LogP contribution in [0.4, 0.5) is 0 Å². The number of para-hydroxylation sites is 1. The van der Waals surface area contributed by atoms with E-state index in [1.165, 1.54) is 10.9 Å². The Morgan fingerprint density at radius 3 is 3.00 bits per heavy atom. The van der Waals surface area contributed by atoms with E-state index in [9.17, 15) is 9.59 Å². The summed E-state index contributed by atoms with van der Waals surface area (Å²) in [7, 11) is 0. The van der Waals surface area contributed by atoms with Crippen molar-refractivity contribution in [1.29, 1.82) is 0 Å². The number of hydrogen-bond donors (Lipinski definition) is 0. The van der Waals surface area contributed by atoms with E-state index in [4.69, 9.17) is 9.26 Å². The van der Waals surface area contributed by atoms with Crippen LogP contribution >= 0.6 is 11.3 Å². The Labute approximate surface area is 164 Å². The summed E-state index contributed by atoms with van der Waals surface area (Å²) in [6, 6.07) is 11.1. The van der Waals surface area contributed by atoms with Gasteiger partial charge in [0.05, 0.1) is 28.5 Å². The molecule has 0 bridgehead atoms. The number of aromatic nitrogens is 3. The minimum Gasteiger partial charge on any atom is -0.459 e. The van der Waals surface area contributed by atoms with Crippen molar-refractivity contribution in [2.24, 2.45) is 0 Å². The molecule has 0 atom stereocenters. The first-order chi connectivity index (χ1) is 13.6. The van der Waals surface area contributed by atoms with E-state index in [1.807, 2.05) is 36.6 Å². The molecule has 142 valence electrons. The molecule has 3 heterocycles. The molecule has 0 unspecified atom stereocenters. The number of benzene rings is 1. The fourth-order valence-electron chi connectivity index (χ4n) is 2.85. The van der Waals surface area contributed by atoms with Gasteiger partial charge in [-0.25, -0.2) is 4.98 Å². The van der Waals surface area contributed by atoms with Crippen LogP contribution in [-0.4, -0.2) is 20.7 Å². The standard InChI is InChI=1S/C20H17N3O4S/c1-13-4-2-5-15-19(13)21-12-23(20(15)25)8-7-18(24)26-11-14-10-16(27-22-14)17-6-3-9-28-17/h2-6,9-10,12H,7-8,11H2,1H3. The number of esters is 1. The number of rotatable bonds is 6. The third-order valence-corrected chi connectivity index (χ3v) is 5.20. The Bertz CT molecular complexity index is 1180. The fourth-order valence-corrected chi connectivity index (χ4v) is 3.52. The first-order valence-electron chi connectivity index (χ1n) is 8.71. The van der Waals surface area contributed by atoms with Gasteiger partial charge in [0.15, 0.2) is 5.76 Å². The number of aryl methyl sites for hydroxylation is 2. The van der Waals surface area contributed by atoms with Crippen LogP contribution in [0.2, 0.25) is 0 Å². The van der Waals surface area contributed by atoms with Gasteiger partial charge in [-0.05, 0) is 30.0 Å². The number of nitrogens with zero attached hydrogens (tertiary/aromatic N) is 3. The average molecular weight is 395 g/mol. The zero-order valence-corrected chi connectivity index (χ0v) is 15.9. The number of fused-ring (bicyclic) bond motifs is 1. The number of thiophene rings is 1. The number of ether oxygens (including phenoxy) is 1. The van der Waals surface area contributed by atoms with Crippen LogP contribution in [0.3, 0.4) is 0 Å². The predicted octanol–water partition coefficient (Wildman–Crippen LogP) is 3.55. The van der Waals surface area contributed by atoms with E-state index in [0.29, 0.717) is 22.4 Å². The van der Waals surface area contributed by atoms with Crippen molar-refractivity contribution in [1.82, 2.24) is 14.7 Å². The number of carbonyl (C=O) groups is 1. The number of hydrogen-bond acceptors (Lipinski definition) is 7. The van der Waals surface area contributed by atoms with Crippen molar-refractivity contribution in [3.8, 4) is 10.6 Å². The van der Waals surface area contributed by atoms with Gasteiger partial charge in [0.2, 0.25) is 0 Å². The van der Waals surface area contributed by atoms with E-state index in [-0.39, 0.29) is 25.1 Å². The van der Waals surface area contributed by atoms with Gasteiger partial charge < -0.3 is 9.26 Å². The quantitative estimate of drug-likeness (QED) is 0.464. The molecule has 7 nitrogen and oxygen atoms in total. The molecular formula is C20H17N3O4S. The monoisotopic (exact) mass is 395 g/mol. The predicted molar refractivity (Wildman–Crippen MR) is 105 cm³/mol. The lowest BCUT2D eigenvalue weighted by Crippen LogP contribution is -2.22. The van der Waals surface area contributed by atoms with Crippen LogP contribution < -0.4 is 5.56 Å². The summed E-state index contributed by atoms with van der Waals surface area (Å²) in [5.74, 6) is 0.224. The average Bonchev–Trinajstić information content (AvgIpc) is 3.38. The maximum atomic E-state index is 12.5. The molecule has 8 heteroatoms. The molecule has 0 saturated heterocycles. The maximum Gasteiger partial charge on any atom is 0.307 e. The third-order valence-electron chi connectivity index (χ3n) is 4.32. The molecule has 3 aromatic heterocycles. The Morgan fingerprint density at radius 1 is 1.29 bits per heavy atom. The minimum atomic E-state index is -0.420. The number of carbonyl (C=O) groups excluding carboxylic acids is 1. The molecule has 0 aliphatic carbocycles. The Balaban J connectivity index is 1.35. The minimum absolute atomic E-state index is 0.0256. The van der Waals surface area contributed by atoms with Crippen LogP contribution in [0, 0.1) is 6.92 Å². The van der Waals surface area contributed by atoms with Crippen molar-refractivity contribution in [2.75, 3.05) is 0 Å². The highest BCUT2D eigenvalue weighted by atomic mass is 32.1. The Kier molecular flexibility index (Phi) is 5.03. The molecule has 1 aromatic carbocycles. The lowest BCUT2D eigenvalue weighted by atomic mass is 10.1. The van der Waals surface area contributed by atoms with Gasteiger partial charge in [0.25, 0.3) is 5.56 Å². The maximum absolute atomic E-state index is 12.5. The van der Waals surface area contributed by atoms with Crippen LogP contribution in [0.25, 0.3) is 21.5 Å². The molecule has 0 saturated carbocycles. The first-order valence-corrected chi connectivity index (χ1v) is 9.59. The lowest BCUT2D eigenvalue weighted by molar-refractivity contribution is -0.145. The van der Waals surface area contributed by atoms with Crippen molar-refractivity contribution in [2.45, 2.75) is 26.5 Å². The summed E-state index contributed by atoms with van der Waals surface area (Å²) in [6.07, 6.45) is 1.53. The molecule has 0 amide bonds. The largest absolute Gasteiger partial charge is 0.459 e. The van der Waals surface area contributed by atoms with Gasteiger partial charge in [-0.15, -0.1) is 11.3 Å². The summed E-state index contributed by atoms with van der Waals surface area (Å²) in [5.41, 5.74) is 1.99. The molecule has 0 N–H and O–H groups in total. The van der Waals surface area contributed by atoms with Gasteiger partial charge in [-0.2, -0.15) is 0 Å². The fraction of sp³-hybridized carbons (Fsp3) is 0.200. The SMILES string of the molecule is Cc1cccc2c(=O)n(CCC(=O)OCc3cc(-c4cccs4)on3)cnc12. The highest BCUT2D eigenvalue weighted by Gasteiger charge is 2.11. The summed E-state index contributed by atoms with van der Waals surface area (Å²) in [6.45, 7) is 2.13. The van der Waals surface area contributed by atoms with Crippen molar-refractivity contribution >= 4 is 28.2 Å². The van der Waals surface area contributed by atoms with E-state index in [0.717, 1.165) is 10.4 Å². The summed E-state index contributed by atoms with van der Waals surface area (Å²) < 4.78 is 11.9. The molecule has 0 spiro atoms. The zero-order valence-electron chi connectivity index (χ0n) is 15.1. The molecule has 4 rings (SSSR count). The molecule has 4 aromatic rings. The second kappa shape index (κ2) is 7.77.